The van der Waals surface area contributed by atoms with E-state index in [4.69, 9.17) is 0 Å². The van der Waals surface area contributed by atoms with Crippen molar-refractivity contribution < 1.29 is 22.8 Å². The molecule has 1 heterocycles. The van der Waals surface area contributed by atoms with E-state index < -0.39 is 27.5 Å². The zero-order valence-electron chi connectivity index (χ0n) is 15.7. The summed E-state index contributed by atoms with van der Waals surface area (Å²) in [6, 6.07) is -0.552. The molecule has 2 atom stereocenters. The molecule has 1 aliphatic carbocycles. The van der Waals surface area contributed by atoms with Gasteiger partial charge >= 0.3 is 6.03 Å². The van der Waals surface area contributed by atoms with E-state index in [1.54, 1.807) is 0 Å². The van der Waals surface area contributed by atoms with E-state index in [0.29, 0.717) is 18.8 Å². The van der Waals surface area contributed by atoms with Gasteiger partial charge in [-0.1, -0.05) is 20.8 Å². The number of hydrogen-bond donors (Lipinski definition) is 3. The quantitative estimate of drug-likeness (QED) is 0.429. The van der Waals surface area contributed by atoms with Crippen molar-refractivity contribution in [1.82, 2.24) is 20.3 Å². The lowest BCUT2D eigenvalue weighted by molar-refractivity contribution is -0.137. The Hall–Kier alpha value is -1.68. The normalized spacial score (nSPS) is 28.3. The molecule has 2 aliphatic rings. The largest absolute Gasteiger partial charge is 0.353 e. The Bertz CT molecular complexity index is 705. The molecule has 3 N–H and O–H groups in total. The number of hydrogen-bond acceptors (Lipinski definition) is 5. The summed E-state index contributed by atoms with van der Waals surface area (Å²) in [4.78, 5) is 38.2. The van der Waals surface area contributed by atoms with Gasteiger partial charge in [0, 0.05) is 13.1 Å². The monoisotopic (exact) mass is 388 g/mol. The third kappa shape index (κ3) is 4.94. The third-order valence-electron chi connectivity index (χ3n) is 4.74. The van der Waals surface area contributed by atoms with Gasteiger partial charge in [0.2, 0.25) is 15.9 Å². The lowest BCUT2D eigenvalue weighted by Gasteiger charge is -2.43. The lowest BCUT2D eigenvalue weighted by Crippen LogP contribution is -2.54. The van der Waals surface area contributed by atoms with Crippen LogP contribution in [0.3, 0.4) is 0 Å². The number of nitrogens with zero attached hydrogens (tertiary/aromatic N) is 1. The molecule has 2 rings (SSSR count). The summed E-state index contributed by atoms with van der Waals surface area (Å²) in [5.74, 6) is -0.575. The lowest BCUT2D eigenvalue weighted by atomic mass is 9.64. The molecule has 0 unspecified atom stereocenters. The highest BCUT2D eigenvalue weighted by Crippen LogP contribution is 2.46. The van der Waals surface area contributed by atoms with Crippen molar-refractivity contribution >= 4 is 27.9 Å². The summed E-state index contributed by atoms with van der Waals surface area (Å²) < 4.78 is 24.2. The van der Waals surface area contributed by atoms with Crippen LogP contribution in [0.2, 0.25) is 0 Å². The summed E-state index contributed by atoms with van der Waals surface area (Å²) in [6.07, 6.45) is 3.11. The fourth-order valence-corrected chi connectivity index (χ4v) is 4.76. The van der Waals surface area contributed by atoms with Gasteiger partial charge in [-0.15, -0.1) is 0 Å². The van der Waals surface area contributed by atoms with Gasteiger partial charge in [-0.25, -0.2) is 17.9 Å². The maximum atomic E-state index is 12.9. The summed E-state index contributed by atoms with van der Waals surface area (Å²) in [6.45, 7) is 5.96. The van der Waals surface area contributed by atoms with Crippen LogP contribution in [0.25, 0.3) is 0 Å². The van der Waals surface area contributed by atoms with Crippen LogP contribution in [-0.4, -0.2) is 62.6 Å². The average Bonchev–Trinajstić information content (AvgIpc) is 2.64. The molecule has 26 heavy (non-hydrogen) atoms. The summed E-state index contributed by atoms with van der Waals surface area (Å²) in [5, 5.41) is 5.31. The predicted molar refractivity (Wildman–Crippen MR) is 95.6 cm³/mol. The van der Waals surface area contributed by atoms with Gasteiger partial charge in [0.1, 0.15) is 12.1 Å². The van der Waals surface area contributed by atoms with Crippen molar-refractivity contribution in [3.63, 3.8) is 0 Å². The van der Waals surface area contributed by atoms with Gasteiger partial charge in [-0.3, -0.25) is 14.5 Å². The highest BCUT2D eigenvalue weighted by molar-refractivity contribution is 7.88. The molecule has 1 saturated heterocycles. The molecule has 2 fully saturated rings. The Morgan fingerprint density at radius 3 is 2.50 bits per heavy atom. The first kappa shape index (κ1) is 20.6. The van der Waals surface area contributed by atoms with Gasteiger partial charge in [0.25, 0.3) is 5.91 Å². The Morgan fingerprint density at radius 2 is 1.92 bits per heavy atom. The van der Waals surface area contributed by atoms with Crippen LogP contribution in [0.5, 0.6) is 0 Å². The number of amides is 4. The Balaban J connectivity index is 1.95. The first-order valence-corrected chi connectivity index (χ1v) is 10.6. The van der Waals surface area contributed by atoms with E-state index in [2.05, 4.69) is 36.1 Å². The Morgan fingerprint density at radius 1 is 1.27 bits per heavy atom. The van der Waals surface area contributed by atoms with Gasteiger partial charge < -0.3 is 10.6 Å². The van der Waals surface area contributed by atoms with Gasteiger partial charge in [-0.05, 0) is 30.6 Å². The van der Waals surface area contributed by atoms with Crippen molar-refractivity contribution in [2.75, 3.05) is 25.9 Å². The zero-order chi connectivity index (χ0) is 19.8. The second kappa shape index (κ2) is 7.15. The molecule has 1 aliphatic heterocycles. The third-order valence-corrected chi connectivity index (χ3v) is 5.47. The van der Waals surface area contributed by atoms with E-state index in [1.807, 2.05) is 0 Å². The summed E-state index contributed by atoms with van der Waals surface area (Å²) in [5.41, 5.74) is -1.01. The molecule has 4 amide bonds. The second-order valence-corrected chi connectivity index (χ2v) is 10.1. The van der Waals surface area contributed by atoms with Crippen molar-refractivity contribution in [3.8, 4) is 0 Å². The average molecular weight is 388 g/mol. The number of imide groups is 1. The number of carbonyl (C=O) groups is 3. The maximum Gasteiger partial charge on any atom is 0.325 e. The molecular weight excluding hydrogens is 360 g/mol. The van der Waals surface area contributed by atoms with Crippen molar-refractivity contribution in [1.29, 1.82) is 0 Å². The molecule has 9 nitrogen and oxygen atoms in total. The molecule has 148 valence electrons. The number of nitrogens with one attached hydrogen (secondary N) is 3. The molecule has 1 saturated carbocycles. The topological polar surface area (TPSA) is 125 Å². The van der Waals surface area contributed by atoms with Gasteiger partial charge in [0.15, 0.2) is 0 Å². The highest BCUT2D eigenvalue weighted by atomic mass is 32.2. The molecule has 0 radical (unpaired) electrons. The van der Waals surface area contributed by atoms with E-state index in [0.717, 1.165) is 17.6 Å². The van der Waals surface area contributed by atoms with Crippen LogP contribution in [-0.2, 0) is 19.6 Å². The predicted octanol–water partition coefficient (Wildman–Crippen LogP) is -0.211. The minimum Gasteiger partial charge on any atom is -0.353 e. The molecule has 0 aromatic rings. The van der Waals surface area contributed by atoms with E-state index in [1.165, 1.54) is 0 Å². The maximum absolute atomic E-state index is 12.9. The Kier molecular flexibility index (Phi) is 5.67. The zero-order valence-corrected chi connectivity index (χ0v) is 16.5. The summed E-state index contributed by atoms with van der Waals surface area (Å²) in [7, 11) is -3.33. The van der Waals surface area contributed by atoms with Crippen LogP contribution >= 0.6 is 0 Å². The number of urea groups is 1. The molecule has 0 aromatic heterocycles. The van der Waals surface area contributed by atoms with Gasteiger partial charge in [-0.2, -0.15) is 0 Å². The van der Waals surface area contributed by atoms with Crippen LogP contribution in [0.15, 0.2) is 0 Å². The molecular formula is C16H28N4O5S. The van der Waals surface area contributed by atoms with Crippen LogP contribution < -0.4 is 15.4 Å². The van der Waals surface area contributed by atoms with Crippen molar-refractivity contribution in [3.05, 3.63) is 0 Å². The number of carbonyl (C=O) groups excluding carboxylic acids is 3. The minimum atomic E-state index is -3.33. The molecule has 0 aromatic carbocycles. The number of sulfonamides is 1. The fourth-order valence-electron chi connectivity index (χ4n) is 4.29. The SMILES string of the molecule is C[C@@H]1CC(C)(C)C[C@]2(C1)NC(=O)N(CC(=O)NCCNS(C)(=O)=O)C2=O. The molecule has 0 bridgehead atoms. The second-order valence-electron chi connectivity index (χ2n) is 8.27. The minimum absolute atomic E-state index is 0.0420. The van der Waals surface area contributed by atoms with E-state index >= 15 is 0 Å². The van der Waals surface area contributed by atoms with Crippen LogP contribution in [0.1, 0.15) is 40.0 Å². The van der Waals surface area contributed by atoms with Gasteiger partial charge in [0.05, 0.1) is 6.26 Å². The highest BCUT2D eigenvalue weighted by Gasteiger charge is 2.56. The van der Waals surface area contributed by atoms with Crippen LogP contribution in [0, 0.1) is 11.3 Å². The summed E-state index contributed by atoms with van der Waals surface area (Å²) >= 11 is 0. The first-order chi connectivity index (χ1) is 11.8. The molecule has 10 heteroatoms. The van der Waals surface area contributed by atoms with E-state index in [9.17, 15) is 22.8 Å². The molecule has 1 spiro atoms. The van der Waals surface area contributed by atoms with Crippen LogP contribution in [0.4, 0.5) is 4.79 Å². The standard InChI is InChI=1S/C16H28N4O5S/c1-11-7-15(2,3)10-16(8-11)13(22)20(14(23)19-16)9-12(21)17-5-6-18-26(4,24)25/h11,18H,5-10H2,1-4H3,(H,17,21)(H,19,23)/t11-,16+/m1/s1. The smallest absolute Gasteiger partial charge is 0.325 e. The van der Waals surface area contributed by atoms with E-state index in [-0.39, 0.29) is 31.0 Å². The fraction of sp³-hybridized carbons (Fsp3) is 0.812. The van der Waals surface area contributed by atoms with Crippen molar-refractivity contribution in [2.45, 2.75) is 45.6 Å². The number of rotatable bonds is 6. The first-order valence-electron chi connectivity index (χ1n) is 8.69. The Labute approximate surface area is 154 Å². The van der Waals surface area contributed by atoms with Crippen molar-refractivity contribution in [2.24, 2.45) is 11.3 Å².